The largest absolute Gasteiger partial charge is 0.339 e. The quantitative estimate of drug-likeness (QED) is 0.500. The average Bonchev–Trinajstić information content (AvgIpc) is 3.22. The zero-order chi connectivity index (χ0) is 18.3. The van der Waals surface area contributed by atoms with Gasteiger partial charge < -0.3 is 4.98 Å². The number of thiazole rings is 1. The molecular formula is C16H10ClN5O3S. The topological polar surface area (TPSA) is 112 Å². The fourth-order valence-corrected chi connectivity index (χ4v) is 3.25. The van der Waals surface area contributed by atoms with Crippen LogP contribution in [0.1, 0.15) is 10.4 Å². The van der Waals surface area contributed by atoms with Gasteiger partial charge in [-0.3, -0.25) is 24.8 Å². The second kappa shape index (κ2) is 6.28. The van der Waals surface area contributed by atoms with Gasteiger partial charge in [0.2, 0.25) is 0 Å². The third kappa shape index (κ3) is 2.83. The molecule has 0 spiro atoms. The Balaban J connectivity index is 1.88. The summed E-state index contributed by atoms with van der Waals surface area (Å²) >= 11 is 7.21. The lowest BCUT2D eigenvalue weighted by Crippen LogP contribution is -2.19. The van der Waals surface area contributed by atoms with Gasteiger partial charge in [-0.1, -0.05) is 23.7 Å². The van der Waals surface area contributed by atoms with E-state index in [0.29, 0.717) is 21.4 Å². The maximum absolute atomic E-state index is 12.5. The predicted molar refractivity (Wildman–Crippen MR) is 99.2 cm³/mol. The van der Waals surface area contributed by atoms with Gasteiger partial charge in [0.25, 0.3) is 17.0 Å². The molecule has 130 valence electrons. The monoisotopic (exact) mass is 387 g/mol. The van der Waals surface area contributed by atoms with E-state index in [9.17, 15) is 14.4 Å². The predicted octanol–water partition coefficient (Wildman–Crippen LogP) is 2.35. The normalized spacial score (nSPS) is 11.0. The molecule has 0 aliphatic heterocycles. The Hall–Kier alpha value is -3.17. The number of carbonyl (C=O) groups excluding carboxylic acids is 1. The van der Waals surface area contributed by atoms with Gasteiger partial charge in [0.05, 0.1) is 5.69 Å². The van der Waals surface area contributed by atoms with Crippen LogP contribution in [0.5, 0.6) is 0 Å². The fraction of sp³-hybridized carbons (Fsp3) is 0. The van der Waals surface area contributed by atoms with Gasteiger partial charge in [-0.25, -0.2) is 4.98 Å². The van der Waals surface area contributed by atoms with Crippen LogP contribution < -0.4 is 16.4 Å². The first kappa shape index (κ1) is 16.3. The lowest BCUT2D eigenvalue weighted by Gasteiger charge is -2.05. The van der Waals surface area contributed by atoms with E-state index in [1.165, 1.54) is 23.6 Å². The highest BCUT2D eigenvalue weighted by atomic mass is 35.5. The third-order valence-corrected chi connectivity index (χ3v) is 4.58. The van der Waals surface area contributed by atoms with E-state index >= 15 is 0 Å². The molecule has 0 atom stereocenters. The molecule has 3 N–H and O–H groups in total. The molecule has 3 heterocycles. The molecule has 0 bridgehead atoms. The SMILES string of the molecule is O=C(Nc1nccs1)c1c(=O)[nH]n2c(=O)cc(-c3cccc(Cl)c3)[nH]c12. The zero-order valence-corrected chi connectivity index (χ0v) is 14.5. The number of amides is 1. The standard InChI is InChI=1S/C16H10ClN5O3S/c17-9-3-1-2-8(6-9)10-7-11(23)22-13(19-10)12(15(25)21-22)14(24)20-16-18-4-5-26-16/h1-7,19H,(H,21,25)(H,18,20,24). The smallest absolute Gasteiger partial charge is 0.279 e. The van der Waals surface area contributed by atoms with Crippen molar-refractivity contribution in [3.8, 4) is 11.3 Å². The molecular weight excluding hydrogens is 378 g/mol. The second-order valence-electron chi connectivity index (χ2n) is 5.32. The summed E-state index contributed by atoms with van der Waals surface area (Å²) < 4.78 is 0.993. The zero-order valence-electron chi connectivity index (χ0n) is 12.9. The van der Waals surface area contributed by atoms with Crippen LogP contribution in [0.25, 0.3) is 16.9 Å². The number of nitrogens with one attached hydrogen (secondary N) is 3. The Morgan fingerprint density at radius 3 is 2.85 bits per heavy atom. The van der Waals surface area contributed by atoms with Gasteiger partial charge in [-0.15, -0.1) is 11.3 Å². The van der Waals surface area contributed by atoms with Crippen molar-refractivity contribution < 1.29 is 4.79 Å². The summed E-state index contributed by atoms with van der Waals surface area (Å²) in [4.78, 5) is 44.0. The number of anilines is 1. The first-order chi connectivity index (χ1) is 12.5. The first-order valence-corrected chi connectivity index (χ1v) is 8.63. The van der Waals surface area contributed by atoms with Crippen LogP contribution >= 0.6 is 22.9 Å². The van der Waals surface area contributed by atoms with Crippen molar-refractivity contribution in [2.45, 2.75) is 0 Å². The summed E-state index contributed by atoms with van der Waals surface area (Å²) in [6.07, 6.45) is 1.53. The molecule has 0 aliphatic carbocycles. The molecule has 26 heavy (non-hydrogen) atoms. The van der Waals surface area contributed by atoms with Crippen LogP contribution in [0, 0.1) is 0 Å². The molecule has 0 radical (unpaired) electrons. The van der Waals surface area contributed by atoms with E-state index in [0.717, 1.165) is 4.52 Å². The van der Waals surface area contributed by atoms with Gasteiger partial charge in [0, 0.05) is 22.7 Å². The van der Waals surface area contributed by atoms with Gasteiger partial charge in [-0.05, 0) is 17.7 Å². The number of aromatic nitrogens is 4. The molecule has 0 saturated carbocycles. The van der Waals surface area contributed by atoms with E-state index in [-0.39, 0.29) is 11.2 Å². The number of nitrogens with zero attached hydrogens (tertiary/aromatic N) is 2. The van der Waals surface area contributed by atoms with E-state index in [1.807, 2.05) is 0 Å². The summed E-state index contributed by atoms with van der Waals surface area (Å²) in [7, 11) is 0. The highest BCUT2D eigenvalue weighted by Gasteiger charge is 2.20. The minimum atomic E-state index is -0.685. The molecule has 8 nitrogen and oxygen atoms in total. The summed E-state index contributed by atoms with van der Waals surface area (Å²) in [5.41, 5.74) is -0.237. The number of fused-ring (bicyclic) bond motifs is 1. The highest BCUT2D eigenvalue weighted by Crippen LogP contribution is 2.21. The van der Waals surface area contributed by atoms with Crippen LogP contribution in [0.15, 0.2) is 51.5 Å². The Labute approximate surface area is 154 Å². The Bertz CT molecular complexity index is 1240. The van der Waals surface area contributed by atoms with Gasteiger partial charge in [0.15, 0.2) is 10.8 Å². The van der Waals surface area contributed by atoms with Crippen molar-refractivity contribution in [2.75, 3.05) is 5.32 Å². The van der Waals surface area contributed by atoms with E-state index < -0.39 is 17.0 Å². The molecule has 3 aromatic heterocycles. The lowest BCUT2D eigenvalue weighted by atomic mass is 10.1. The summed E-state index contributed by atoms with van der Waals surface area (Å²) in [6, 6.07) is 8.18. The summed E-state index contributed by atoms with van der Waals surface area (Å²) in [6.45, 7) is 0. The first-order valence-electron chi connectivity index (χ1n) is 7.38. The number of carbonyl (C=O) groups is 1. The van der Waals surface area contributed by atoms with Crippen molar-refractivity contribution in [1.82, 2.24) is 19.6 Å². The Morgan fingerprint density at radius 2 is 2.12 bits per heavy atom. The molecule has 0 aliphatic rings. The van der Waals surface area contributed by atoms with Crippen LogP contribution in [-0.2, 0) is 0 Å². The average molecular weight is 388 g/mol. The molecule has 0 saturated heterocycles. The van der Waals surface area contributed by atoms with Crippen molar-refractivity contribution in [3.05, 3.63) is 73.2 Å². The number of halogens is 1. The number of rotatable bonds is 3. The minimum absolute atomic E-state index is 0.0616. The van der Waals surface area contributed by atoms with Gasteiger partial charge in [-0.2, -0.15) is 4.52 Å². The number of hydrogen-bond acceptors (Lipinski definition) is 5. The van der Waals surface area contributed by atoms with Crippen LogP contribution in [-0.4, -0.2) is 25.5 Å². The minimum Gasteiger partial charge on any atom is -0.339 e. The van der Waals surface area contributed by atoms with Gasteiger partial charge >= 0.3 is 0 Å². The molecule has 4 rings (SSSR count). The van der Waals surface area contributed by atoms with E-state index in [4.69, 9.17) is 11.6 Å². The van der Waals surface area contributed by atoms with E-state index in [2.05, 4.69) is 20.4 Å². The number of benzene rings is 1. The fourth-order valence-electron chi connectivity index (χ4n) is 2.54. The molecule has 1 amide bonds. The number of hydrogen-bond donors (Lipinski definition) is 3. The number of aromatic amines is 2. The Morgan fingerprint density at radius 1 is 1.27 bits per heavy atom. The maximum Gasteiger partial charge on any atom is 0.279 e. The lowest BCUT2D eigenvalue weighted by molar-refractivity contribution is 0.102. The van der Waals surface area contributed by atoms with Gasteiger partial charge in [0.1, 0.15) is 5.56 Å². The summed E-state index contributed by atoms with van der Waals surface area (Å²) in [5.74, 6) is -0.664. The third-order valence-electron chi connectivity index (χ3n) is 3.66. The van der Waals surface area contributed by atoms with Crippen LogP contribution in [0.4, 0.5) is 5.13 Å². The molecule has 1 aromatic carbocycles. The van der Waals surface area contributed by atoms with E-state index in [1.54, 1.807) is 29.6 Å². The van der Waals surface area contributed by atoms with Crippen molar-refractivity contribution in [2.24, 2.45) is 0 Å². The molecule has 0 unspecified atom stereocenters. The van der Waals surface area contributed by atoms with Crippen molar-refractivity contribution >= 4 is 39.6 Å². The van der Waals surface area contributed by atoms with Crippen molar-refractivity contribution in [1.29, 1.82) is 0 Å². The van der Waals surface area contributed by atoms with Crippen LogP contribution in [0.2, 0.25) is 5.02 Å². The molecule has 0 fully saturated rings. The molecule has 10 heteroatoms. The maximum atomic E-state index is 12.5. The number of H-pyrrole nitrogens is 2. The summed E-state index contributed by atoms with van der Waals surface area (Å²) in [5, 5.41) is 7.43. The highest BCUT2D eigenvalue weighted by molar-refractivity contribution is 7.13. The van der Waals surface area contributed by atoms with Crippen molar-refractivity contribution in [3.63, 3.8) is 0 Å². The molecule has 4 aromatic rings. The second-order valence-corrected chi connectivity index (χ2v) is 6.65. The van der Waals surface area contributed by atoms with Crippen LogP contribution in [0.3, 0.4) is 0 Å². The Kier molecular flexibility index (Phi) is 3.94.